The van der Waals surface area contributed by atoms with E-state index in [-0.39, 0.29) is 18.1 Å². The van der Waals surface area contributed by atoms with Crippen molar-refractivity contribution in [3.05, 3.63) is 23.8 Å². The summed E-state index contributed by atoms with van der Waals surface area (Å²) in [6, 6.07) is 5.70. The van der Waals surface area contributed by atoms with Crippen LogP contribution in [-0.4, -0.2) is 25.9 Å². The lowest BCUT2D eigenvalue weighted by Gasteiger charge is -2.39. The Labute approximate surface area is 111 Å². The molecular formula is C14H17NO4. The van der Waals surface area contributed by atoms with Gasteiger partial charge in [0.25, 0.3) is 0 Å². The zero-order valence-corrected chi connectivity index (χ0v) is 10.9. The van der Waals surface area contributed by atoms with Crippen LogP contribution in [0.4, 0.5) is 0 Å². The molecule has 0 unspecified atom stereocenters. The van der Waals surface area contributed by atoms with E-state index in [1.54, 1.807) is 0 Å². The summed E-state index contributed by atoms with van der Waals surface area (Å²) in [5, 5.41) is 2.97. The second-order valence-electron chi connectivity index (χ2n) is 5.00. The van der Waals surface area contributed by atoms with Crippen molar-refractivity contribution in [2.45, 2.75) is 19.9 Å². The van der Waals surface area contributed by atoms with Crippen LogP contribution in [0.25, 0.3) is 0 Å². The van der Waals surface area contributed by atoms with Crippen LogP contribution in [0.15, 0.2) is 18.2 Å². The zero-order valence-electron chi connectivity index (χ0n) is 10.9. The Morgan fingerprint density at radius 2 is 2.11 bits per heavy atom. The van der Waals surface area contributed by atoms with Gasteiger partial charge in [0.15, 0.2) is 11.5 Å². The highest BCUT2D eigenvalue weighted by atomic mass is 16.7. The van der Waals surface area contributed by atoms with Crippen LogP contribution >= 0.6 is 0 Å². The lowest BCUT2D eigenvalue weighted by atomic mass is 9.82. The SMILES string of the molecule is CCC1(C(=O)NCc2ccc3c(c2)OCO3)COC1. The molecule has 0 aromatic heterocycles. The average molecular weight is 263 g/mol. The summed E-state index contributed by atoms with van der Waals surface area (Å²) in [6.07, 6.45) is 0.806. The third-order valence-corrected chi connectivity index (χ3v) is 3.81. The van der Waals surface area contributed by atoms with Crippen LogP contribution in [0, 0.1) is 5.41 Å². The standard InChI is InChI=1S/C14H17NO4/c1-2-14(7-17-8-14)13(16)15-6-10-3-4-11-12(5-10)19-9-18-11/h3-5H,2,6-9H2,1H3,(H,15,16). The molecular weight excluding hydrogens is 246 g/mol. The Morgan fingerprint density at radius 3 is 2.79 bits per heavy atom. The Kier molecular flexibility index (Phi) is 3.06. The van der Waals surface area contributed by atoms with Crippen molar-refractivity contribution in [2.75, 3.05) is 20.0 Å². The Bertz CT molecular complexity index is 491. The molecule has 0 bridgehead atoms. The number of hydrogen-bond donors (Lipinski definition) is 1. The first-order valence-corrected chi connectivity index (χ1v) is 6.48. The van der Waals surface area contributed by atoms with Crippen molar-refractivity contribution in [1.82, 2.24) is 5.32 Å². The van der Waals surface area contributed by atoms with Crippen LogP contribution < -0.4 is 14.8 Å². The van der Waals surface area contributed by atoms with Crippen molar-refractivity contribution in [2.24, 2.45) is 5.41 Å². The fourth-order valence-corrected chi connectivity index (χ4v) is 2.26. The predicted molar refractivity (Wildman–Crippen MR) is 68.0 cm³/mol. The summed E-state index contributed by atoms with van der Waals surface area (Å²) in [5.41, 5.74) is 0.681. The second kappa shape index (κ2) is 4.74. The highest BCUT2D eigenvalue weighted by Gasteiger charge is 2.43. The molecule has 1 N–H and O–H groups in total. The molecule has 0 atom stereocenters. The van der Waals surface area contributed by atoms with Crippen molar-refractivity contribution < 1.29 is 19.0 Å². The number of rotatable bonds is 4. The number of nitrogens with one attached hydrogen (secondary N) is 1. The minimum atomic E-state index is -0.323. The topological polar surface area (TPSA) is 56.8 Å². The molecule has 1 saturated heterocycles. The summed E-state index contributed by atoms with van der Waals surface area (Å²) < 4.78 is 15.7. The molecule has 3 rings (SSSR count). The molecule has 102 valence electrons. The van der Waals surface area contributed by atoms with Crippen LogP contribution in [-0.2, 0) is 16.1 Å². The lowest BCUT2D eigenvalue weighted by molar-refractivity contribution is -0.162. The minimum absolute atomic E-state index is 0.0684. The Balaban J connectivity index is 1.62. The highest BCUT2D eigenvalue weighted by molar-refractivity contribution is 5.83. The largest absolute Gasteiger partial charge is 0.454 e. The molecule has 5 heteroatoms. The second-order valence-corrected chi connectivity index (χ2v) is 5.00. The van der Waals surface area contributed by atoms with E-state index in [2.05, 4.69) is 5.32 Å². The molecule has 1 fully saturated rings. The van der Waals surface area contributed by atoms with Crippen LogP contribution in [0.2, 0.25) is 0 Å². The zero-order chi connectivity index (χ0) is 13.3. The summed E-state index contributed by atoms with van der Waals surface area (Å²) in [6.45, 7) is 3.83. The highest BCUT2D eigenvalue weighted by Crippen LogP contribution is 2.33. The molecule has 0 spiro atoms. The smallest absolute Gasteiger partial charge is 0.231 e. The van der Waals surface area contributed by atoms with E-state index >= 15 is 0 Å². The van der Waals surface area contributed by atoms with E-state index in [1.807, 2.05) is 25.1 Å². The van der Waals surface area contributed by atoms with Crippen LogP contribution in [0.5, 0.6) is 11.5 Å². The van der Waals surface area contributed by atoms with Gasteiger partial charge in [-0.25, -0.2) is 0 Å². The van der Waals surface area contributed by atoms with E-state index < -0.39 is 0 Å². The van der Waals surface area contributed by atoms with E-state index in [0.717, 1.165) is 23.5 Å². The van der Waals surface area contributed by atoms with Gasteiger partial charge in [0.1, 0.15) is 0 Å². The first-order valence-electron chi connectivity index (χ1n) is 6.48. The average Bonchev–Trinajstić information content (AvgIpc) is 2.83. The van der Waals surface area contributed by atoms with Crippen molar-refractivity contribution in [3.8, 4) is 11.5 Å². The number of carbonyl (C=O) groups excluding carboxylic acids is 1. The monoisotopic (exact) mass is 263 g/mol. The molecule has 2 aliphatic heterocycles. The number of benzene rings is 1. The summed E-state index contributed by atoms with van der Waals surface area (Å²) in [7, 11) is 0. The van der Waals surface area contributed by atoms with Gasteiger partial charge in [0.2, 0.25) is 12.7 Å². The predicted octanol–water partition coefficient (Wildman–Crippen LogP) is 1.46. The van der Waals surface area contributed by atoms with Crippen molar-refractivity contribution in [1.29, 1.82) is 0 Å². The minimum Gasteiger partial charge on any atom is -0.454 e. The molecule has 0 aliphatic carbocycles. The molecule has 0 saturated carbocycles. The van der Waals surface area contributed by atoms with Crippen LogP contribution in [0.1, 0.15) is 18.9 Å². The van der Waals surface area contributed by atoms with Gasteiger partial charge in [-0.2, -0.15) is 0 Å². The van der Waals surface area contributed by atoms with Gasteiger partial charge in [-0.05, 0) is 24.1 Å². The first-order chi connectivity index (χ1) is 9.23. The number of ether oxygens (including phenoxy) is 3. The van der Waals surface area contributed by atoms with E-state index in [0.29, 0.717) is 19.8 Å². The van der Waals surface area contributed by atoms with Crippen molar-refractivity contribution >= 4 is 5.91 Å². The number of carbonyl (C=O) groups is 1. The molecule has 1 aromatic carbocycles. The molecule has 19 heavy (non-hydrogen) atoms. The van der Waals surface area contributed by atoms with Gasteiger partial charge in [-0.3, -0.25) is 4.79 Å². The fourth-order valence-electron chi connectivity index (χ4n) is 2.26. The molecule has 1 aromatic rings. The van der Waals surface area contributed by atoms with Crippen LogP contribution in [0.3, 0.4) is 0 Å². The third kappa shape index (κ3) is 2.14. The molecule has 2 heterocycles. The Hall–Kier alpha value is -1.75. The number of amides is 1. The summed E-state index contributed by atoms with van der Waals surface area (Å²) >= 11 is 0. The molecule has 0 radical (unpaired) electrons. The van der Waals surface area contributed by atoms with Gasteiger partial charge >= 0.3 is 0 Å². The quantitative estimate of drug-likeness (QED) is 0.893. The summed E-state index contributed by atoms with van der Waals surface area (Å²) in [4.78, 5) is 12.1. The van der Waals surface area contributed by atoms with E-state index in [1.165, 1.54) is 0 Å². The molecule has 1 amide bonds. The van der Waals surface area contributed by atoms with Gasteiger partial charge < -0.3 is 19.5 Å². The van der Waals surface area contributed by atoms with Gasteiger partial charge in [-0.15, -0.1) is 0 Å². The van der Waals surface area contributed by atoms with Crippen molar-refractivity contribution in [3.63, 3.8) is 0 Å². The fraction of sp³-hybridized carbons (Fsp3) is 0.500. The summed E-state index contributed by atoms with van der Waals surface area (Å²) in [5.74, 6) is 1.57. The number of hydrogen-bond acceptors (Lipinski definition) is 4. The maximum Gasteiger partial charge on any atom is 0.231 e. The third-order valence-electron chi connectivity index (χ3n) is 3.81. The molecule has 5 nitrogen and oxygen atoms in total. The van der Waals surface area contributed by atoms with E-state index in [9.17, 15) is 4.79 Å². The molecule has 2 aliphatic rings. The first kappa shape index (κ1) is 12.3. The maximum absolute atomic E-state index is 12.1. The van der Waals surface area contributed by atoms with Gasteiger partial charge in [-0.1, -0.05) is 13.0 Å². The normalized spacial score (nSPS) is 18.8. The number of fused-ring (bicyclic) bond motifs is 1. The van der Waals surface area contributed by atoms with Gasteiger partial charge in [0, 0.05) is 6.54 Å². The Morgan fingerprint density at radius 1 is 1.32 bits per heavy atom. The van der Waals surface area contributed by atoms with Gasteiger partial charge in [0.05, 0.1) is 18.6 Å². The maximum atomic E-state index is 12.1. The lowest BCUT2D eigenvalue weighted by Crippen LogP contribution is -2.53. The van der Waals surface area contributed by atoms with E-state index in [4.69, 9.17) is 14.2 Å².